The highest BCUT2D eigenvalue weighted by atomic mass is 32.2. The number of rotatable bonds is 6. The first kappa shape index (κ1) is 16.0. The molecule has 21 heavy (non-hydrogen) atoms. The standard InChI is InChI=1S/C17H19F2NS/c1-3-20-16(13-9-8-12(2)15(19)10-13)11-21-17-7-5-4-6-14(17)18/h4-10,16,20H,3,11H2,1-2H3. The van der Waals surface area contributed by atoms with Crippen LogP contribution in [-0.2, 0) is 0 Å². The molecule has 1 atom stereocenters. The van der Waals surface area contributed by atoms with E-state index in [0.717, 1.165) is 12.1 Å². The molecule has 1 nitrogen and oxygen atoms in total. The van der Waals surface area contributed by atoms with Crippen molar-refractivity contribution in [3.63, 3.8) is 0 Å². The Kier molecular flexibility index (Phi) is 5.76. The maximum Gasteiger partial charge on any atom is 0.136 e. The smallest absolute Gasteiger partial charge is 0.136 e. The fraction of sp³-hybridized carbons (Fsp3) is 0.294. The van der Waals surface area contributed by atoms with E-state index in [4.69, 9.17) is 0 Å². The predicted molar refractivity (Wildman–Crippen MR) is 84.7 cm³/mol. The summed E-state index contributed by atoms with van der Waals surface area (Å²) in [6.45, 7) is 4.53. The Labute approximate surface area is 128 Å². The predicted octanol–water partition coefficient (Wildman–Crippen LogP) is 4.72. The molecule has 0 saturated carbocycles. The van der Waals surface area contributed by atoms with Crippen molar-refractivity contribution >= 4 is 11.8 Å². The van der Waals surface area contributed by atoms with Crippen LogP contribution in [0.25, 0.3) is 0 Å². The maximum absolute atomic E-state index is 13.7. The Balaban J connectivity index is 2.12. The third-order valence-corrected chi connectivity index (χ3v) is 4.43. The van der Waals surface area contributed by atoms with Crippen molar-refractivity contribution in [2.45, 2.75) is 24.8 Å². The molecule has 1 N–H and O–H groups in total. The second-order valence-electron chi connectivity index (χ2n) is 4.86. The van der Waals surface area contributed by atoms with Crippen molar-refractivity contribution in [1.82, 2.24) is 5.32 Å². The summed E-state index contributed by atoms with van der Waals surface area (Å²) in [5.74, 6) is 0.233. The molecule has 2 aromatic carbocycles. The number of thioether (sulfide) groups is 1. The summed E-state index contributed by atoms with van der Waals surface area (Å²) in [4.78, 5) is 0.619. The van der Waals surface area contributed by atoms with Crippen molar-refractivity contribution in [3.05, 3.63) is 65.2 Å². The molecule has 0 aliphatic rings. The molecular formula is C17H19F2NS. The van der Waals surface area contributed by atoms with Gasteiger partial charge >= 0.3 is 0 Å². The largest absolute Gasteiger partial charge is 0.309 e. The number of aryl methyl sites for hydroxylation is 1. The third-order valence-electron chi connectivity index (χ3n) is 3.29. The molecule has 0 aliphatic heterocycles. The first-order chi connectivity index (χ1) is 10.1. The molecule has 0 aromatic heterocycles. The lowest BCUT2D eigenvalue weighted by Crippen LogP contribution is -2.23. The van der Waals surface area contributed by atoms with Gasteiger partial charge in [-0.3, -0.25) is 0 Å². The van der Waals surface area contributed by atoms with Crippen LogP contribution < -0.4 is 5.32 Å². The van der Waals surface area contributed by atoms with E-state index in [1.54, 1.807) is 31.2 Å². The summed E-state index contributed by atoms with van der Waals surface area (Å²) in [6, 6.07) is 12.0. The summed E-state index contributed by atoms with van der Waals surface area (Å²) >= 11 is 1.44. The van der Waals surface area contributed by atoms with E-state index in [1.165, 1.54) is 17.8 Å². The second kappa shape index (κ2) is 7.57. The molecular weight excluding hydrogens is 288 g/mol. The van der Waals surface area contributed by atoms with Crippen LogP contribution in [-0.4, -0.2) is 12.3 Å². The van der Waals surface area contributed by atoms with Gasteiger partial charge in [0.1, 0.15) is 11.6 Å². The third kappa shape index (κ3) is 4.29. The summed E-state index contributed by atoms with van der Waals surface area (Å²) in [7, 11) is 0. The molecule has 112 valence electrons. The van der Waals surface area contributed by atoms with Crippen molar-refractivity contribution < 1.29 is 8.78 Å². The minimum Gasteiger partial charge on any atom is -0.309 e. The molecule has 1 unspecified atom stereocenters. The van der Waals surface area contributed by atoms with Gasteiger partial charge in [0.15, 0.2) is 0 Å². The van der Waals surface area contributed by atoms with Gasteiger partial charge in [0.05, 0.1) is 0 Å². The first-order valence-electron chi connectivity index (χ1n) is 6.98. The minimum atomic E-state index is -0.215. The fourth-order valence-electron chi connectivity index (χ4n) is 2.08. The van der Waals surface area contributed by atoms with Gasteiger partial charge in [-0.25, -0.2) is 8.78 Å². The number of hydrogen-bond acceptors (Lipinski definition) is 2. The molecule has 0 aliphatic carbocycles. The van der Waals surface area contributed by atoms with E-state index in [0.29, 0.717) is 16.2 Å². The lowest BCUT2D eigenvalue weighted by Gasteiger charge is -2.18. The van der Waals surface area contributed by atoms with Crippen LogP contribution in [0, 0.1) is 18.6 Å². The summed E-state index contributed by atoms with van der Waals surface area (Å²) < 4.78 is 27.4. The zero-order valence-electron chi connectivity index (χ0n) is 12.2. The van der Waals surface area contributed by atoms with Gasteiger partial charge in [-0.2, -0.15) is 0 Å². The Morgan fingerprint density at radius 3 is 2.52 bits per heavy atom. The quantitative estimate of drug-likeness (QED) is 0.775. The molecule has 2 aromatic rings. The van der Waals surface area contributed by atoms with Gasteiger partial charge in [0.2, 0.25) is 0 Å². The SMILES string of the molecule is CCNC(CSc1ccccc1F)c1ccc(C)c(F)c1. The van der Waals surface area contributed by atoms with Gasteiger partial charge in [-0.05, 0) is 42.8 Å². The van der Waals surface area contributed by atoms with Crippen molar-refractivity contribution in [2.75, 3.05) is 12.3 Å². The summed E-state index contributed by atoms with van der Waals surface area (Å²) in [5, 5.41) is 3.33. The molecule has 0 heterocycles. The van der Waals surface area contributed by atoms with E-state index < -0.39 is 0 Å². The number of halogens is 2. The number of hydrogen-bond donors (Lipinski definition) is 1. The Bertz CT molecular complexity index is 601. The van der Waals surface area contributed by atoms with Crippen LogP contribution in [0.1, 0.15) is 24.1 Å². The maximum atomic E-state index is 13.7. The molecule has 0 saturated heterocycles. The zero-order valence-corrected chi connectivity index (χ0v) is 13.0. The number of benzene rings is 2. The van der Waals surface area contributed by atoms with Gasteiger partial charge < -0.3 is 5.32 Å². The van der Waals surface area contributed by atoms with Crippen LogP contribution in [0.5, 0.6) is 0 Å². The molecule has 4 heteroatoms. The lowest BCUT2D eigenvalue weighted by atomic mass is 10.1. The highest BCUT2D eigenvalue weighted by Crippen LogP contribution is 2.27. The van der Waals surface area contributed by atoms with E-state index in [-0.39, 0.29) is 17.7 Å². The monoisotopic (exact) mass is 307 g/mol. The molecule has 0 radical (unpaired) electrons. The average molecular weight is 307 g/mol. The topological polar surface area (TPSA) is 12.0 Å². The van der Waals surface area contributed by atoms with Gasteiger partial charge in [-0.15, -0.1) is 11.8 Å². The average Bonchev–Trinajstić information content (AvgIpc) is 2.48. The van der Waals surface area contributed by atoms with E-state index >= 15 is 0 Å². The van der Waals surface area contributed by atoms with Gasteiger partial charge in [0, 0.05) is 16.7 Å². The summed E-state index contributed by atoms with van der Waals surface area (Å²) in [5.41, 5.74) is 1.53. The molecule has 0 fully saturated rings. The normalized spacial score (nSPS) is 12.4. The van der Waals surface area contributed by atoms with Crippen molar-refractivity contribution in [3.8, 4) is 0 Å². The van der Waals surface area contributed by atoms with Crippen LogP contribution in [0.2, 0.25) is 0 Å². The zero-order chi connectivity index (χ0) is 15.2. The number of nitrogens with one attached hydrogen (secondary N) is 1. The molecule has 0 bridgehead atoms. The van der Waals surface area contributed by atoms with E-state index in [1.807, 2.05) is 19.1 Å². The summed E-state index contributed by atoms with van der Waals surface area (Å²) in [6.07, 6.45) is 0. The Hall–Kier alpha value is -1.39. The minimum absolute atomic E-state index is 0.00490. The van der Waals surface area contributed by atoms with Crippen LogP contribution in [0.15, 0.2) is 47.4 Å². The van der Waals surface area contributed by atoms with Gasteiger partial charge in [0.25, 0.3) is 0 Å². The molecule has 0 amide bonds. The van der Waals surface area contributed by atoms with E-state index in [2.05, 4.69) is 5.32 Å². The molecule has 0 spiro atoms. The van der Waals surface area contributed by atoms with Gasteiger partial charge in [-0.1, -0.05) is 31.2 Å². The highest BCUT2D eigenvalue weighted by molar-refractivity contribution is 7.99. The molecule has 2 rings (SSSR count). The Morgan fingerprint density at radius 1 is 1.10 bits per heavy atom. The van der Waals surface area contributed by atoms with Crippen LogP contribution >= 0.6 is 11.8 Å². The lowest BCUT2D eigenvalue weighted by molar-refractivity contribution is 0.582. The Morgan fingerprint density at radius 2 is 1.86 bits per heavy atom. The second-order valence-corrected chi connectivity index (χ2v) is 5.92. The van der Waals surface area contributed by atoms with Crippen molar-refractivity contribution in [2.24, 2.45) is 0 Å². The fourth-order valence-corrected chi connectivity index (χ4v) is 3.12. The van der Waals surface area contributed by atoms with Crippen LogP contribution in [0.3, 0.4) is 0 Å². The highest BCUT2D eigenvalue weighted by Gasteiger charge is 2.13. The van der Waals surface area contributed by atoms with E-state index in [9.17, 15) is 8.78 Å². The van der Waals surface area contributed by atoms with Crippen LogP contribution in [0.4, 0.5) is 8.78 Å². The first-order valence-corrected chi connectivity index (χ1v) is 7.97. The van der Waals surface area contributed by atoms with Crippen molar-refractivity contribution in [1.29, 1.82) is 0 Å².